The van der Waals surface area contributed by atoms with Gasteiger partial charge in [0.2, 0.25) is 15.9 Å². The molecule has 144 valence electrons. The van der Waals surface area contributed by atoms with Crippen molar-refractivity contribution in [2.45, 2.75) is 42.8 Å². The highest BCUT2D eigenvalue weighted by Crippen LogP contribution is 2.17. The molecule has 9 heteroatoms. The zero-order valence-corrected chi connectivity index (χ0v) is 15.5. The molecular formula is C17H24FN3O4S. The van der Waals surface area contributed by atoms with E-state index in [0.717, 1.165) is 6.07 Å². The van der Waals surface area contributed by atoms with Gasteiger partial charge in [-0.15, -0.1) is 0 Å². The van der Waals surface area contributed by atoms with Crippen molar-refractivity contribution in [1.29, 1.82) is 0 Å². The Hall–Kier alpha value is -1.55. The number of sulfonamides is 1. The largest absolute Gasteiger partial charge is 0.375 e. The van der Waals surface area contributed by atoms with Crippen LogP contribution in [0.2, 0.25) is 0 Å². The summed E-state index contributed by atoms with van der Waals surface area (Å²) in [5.41, 5.74) is 0. The average molecular weight is 385 g/mol. The Morgan fingerprint density at radius 3 is 2.96 bits per heavy atom. The lowest BCUT2D eigenvalue weighted by atomic mass is 10.0. The fraction of sp³-hybridized carbons (Fsp3) is 0.588. The highest BCUT2D eigenvalue weighted by atomic mass is 32.2. The van der Waals surface area contributed by atoms with E-state index in [9.17, 15) is 17.6 Å². The number of nitrogens with zero attached hydrogens (tertiary/aromatic N) is 1. The molecule has 0 bridgehead atoms. The molecule has 2 saturated heterocycles. The van der Waals surface area contributed by atoms with Gasteiger partial charge in [-0.1, -0.05) is 6.07 Å². The van der Waals surface area contributed by atoms with Crippen molar-refractivity contribution in [3.63, 3.8) is 0 Å². The first-order valence-electron chi connectivity index (χ1n) is 8.78. The number of ether oxygens (including phenoxy) is 1. The van der Waals surface area contributed by atoms with E-state index in [1.807, 2.05) is 6.92 Å². The molecule has 2 heterocycles. The van der Waals surface area contributed by atoms with Crippen LogP contribution in [0.3, 0.4) is 0 Å². The summed E-state index contributed by atoms with van der Waals surface area (Å²) in [6.07, 6.45) is 1.10. The van der Waals surface area contributed by atoms with Crippen LogP contribution in [-0.4, -0.2) is 63.7 Å². The number of piperidine rings is 1. The van der Waals surface area contributed by atoms with E-state index in [-0.39, 0.29) is 23.5 Å². The summed E-state index contributed by atoms with van der Waals surface area (Å²) in [6, 6.07) is 4.07. The van der Waals surface area contributed by atoms with Crippen LogP contribution in [0.25, 0.3) is 0 Å². The zero-order chi connectivity index (χ0) is 18.7. The average Bonchev–Trinajstić information content (AvgIpc) is 2.61. The van der Waals surface area contributed by atoms with Gasteiger partial charge in [0.25, 0.3) is 0 Å². The summed E-state index contributed by atoms with van der Waals surface area (Å²) in [5.74, 6) is -0.683. The molecular weight excluding hydrogens is 361 g/mol. The number of rotatable bonds is 4. The Labute approximate surface area is 152 Å². The second-order valence-electron chi connectivity index (χ2n) is 6.71. The van der Waals surface area contributed by atoms with E-state index in [0.29, 0.717) is 32.5 Å². The van der Waals surface area contributed by atoms with Crippen LogP contribution >= 0.6 is 0 Å². The van der Waals surface area contributed by atoms with Crippen LogP contribution < -0.4 is 10.0 Å². The van der Waals surface area contributed by atoms with Crippen molar-refractivity contribution in [2.75, 3.05) is 26.2 Å². The summed E-state index contributed by atoms with van der Waals surface area (Å²) in [4.78, 5) is 14.3. The second-order valence-corrected chi connectivity index (χ2v) is 8.42. The number of morpholine rings is 1. The summed E-state index contributed by atoms with van der Waals surface area (Å²) < 4.78 is 46.4. The first-order chi connectivity index (χ1) is 12.4. The minimum absolute atomic E-state index is 0.0770. The Morgan fingerprint density at radius 1 is 1.42 bits per heavy atom. The van der Waals surface area contributed by atoms with Gasteiger partial charge in [-0.2, -0.15) is 0 Å². The number of carbonyl (C=O) groups excluding carboxylic acids is 1. The van der Waals surface area contributed by atoms with E-state index in [2.05, 4.69) is 10.0 Å². The van der Waals surface area contributed by atoms with Gasteiger partial charge in [0.1, 0.15) is 11.9 Å². The summed E-state index contributed by atoms with van der Waals surface area (Å²) >= 11 is 0. The number of likely N-dealkylation sites (tertiary alicyclic amines) is 1. The van der Waals surface area contributed by atoms with E-state index in [4.69, 9.17) is 4.74 Å². The van der Waals surface area contributed by atoms with Crippen LogP contribution in [0, 0.1) is 5.82 Å². The lowest BCUT2D eigenvalue weighted by Crippen LogP contribution is -2.59. The molecule has 0 aromatic heterocycles. The smallest absolute Gasteiger partial charge is 0.242 e. The van der Waals surface area contributed by atoms with Crippen LogP contribution in [0.5, 0.6) is 0 Å². The van der Waals surface area contributed by atoms with Crippen molar-refractivity contribution in [3.8, 4) is 0 Å². The monoisotopic (exact) mass is 385 g/mol. The predicted molar refractivity (Wildman–Crippen MR) is 93.5 cm³/mol. The van der Waals surface area contributed by atoms with Gasteiger partial charge in [-0.25, -0.2) is 17.5 Å². The quantitative estimate of drug-likeness (QED) is 0.787. The number of amides is 1. The molecule has 2 fully saturated rings. The van der Waals surface area contributed by atoms with Gasteiger partial charge in [0, 0.05) is 25.7 Å². The number of nitrogens with one attached hydrogen (secondary N) is 2. The standard InChI is InChI=1S/C17H24FN3O4S/c1-12-16(19-7-9-25-12)17(22)21-8-3-5-14(11-21)20-26(23,24)15-6-2-4-13(18)10-15/h2,4,6,10,12,14,16,19-20H,3,5,7-9,11H2,1H3/t12-,14?,16+/m1/s1. The summed E-state index contributed by atoms with van der Waals surface area (Å²) in [5, 5.41) is 3.16. The molecule has 3 rings (SSSR count). The molecule has 2 aliphatic heterocycles. The lowest BCUT2D eigenvalue weighted by molar-refractivity contribution is -0.140. The number of hydrogen-bond acceptors (Lipinski definition) is 5. The van der Waals surface area contributed by atoms with Crippen LogP contribution in [-0.2, 0) is 19.6 Å². The number of halogens is 1. The molecule has 0 saturated carbocycles. The van der Waals surface area contributed by atoms with Gasteiger partial charge in [-0.05, 0) is 38.0 Å². The number of carbonyl (C=O) groups is 1. The maximum absolute atomic E-state index is 13.3. The molecule has 0 aliphatic carbocycles. The molecule has 2 aliphatic rings. The van der Waals surface area contributed by atoms with E-state index in [1.54, 1.807) is 4.90 Å². The van der Waals surface area contributed by atoms with Gasteiger partial charge in [0.05, 0.1) is 17.6 Å². The van der Waals surface area contributed by atoms with Crippen molar-refractivity contribution in [1.82, 2.24) is 14.9 Å². The Bertz CT molecular complexity index is 758. The van der Waals surface area contributed by atoms with E-state index >= 15 is 0 Å². The topological polar surface area (TPSA) is 87.7 Å². The predicted octanol–water partition coefficient (Wildman–Crippen LogP) is 0.472. The molecule has 0 spiro atoms. The molecule has 3 atom stereocenters. The third kappa shape index (κ3) is 4.40. The van der Waals surface area contributed by atoms with Crippen LogP contribution in [0.4, 0.5) is 4.39 Å². The first kappa shape index (κ1) is 19.2. The Kier molecular flexibility index (Phi) is 5.91. The highest BCUT2D eigenvalue weighted by molar-refractivity contribution is 7.89. The fourth-order valence-corrected chi connectivity index (χ4v) is 4.69. The molecule has 2 N–H and O–H groups in total. The molecule has 1 aromatic carbocycles. The van der Waals surface area contributed by atoms with Crippen molar-refractivity contribution in [3.05, 3.63) is 30.1 Å². The van der Waals surface area contributed by atoms with Crippen LogP contribution in [0.15, 0.2) is 29.2 Å². The normalized spacial score (nSPS) is 27.3. The lowest BCUT2D eigenvalue weighted by Gasteiger charge is -2.38. The van der Waals surface area contributed by atoms with E-state index in [1.165, 1.54) is 18.2 Å². The molecule has 1 unspecified atom stereocenters. The molecule has 0 radical (unpaired) electrons. The van der Waals surface area contributed by atoms with Crippen molar-refractivity contribution in [2.24, 2.45) is 0 Å². The van der Waals surface area contributed by atoms with Gasteiger partial charge >= 0.3 is 0 Å². The highest BCUT2D eigenvalue weighted by Gasteiger charge is 2.35. The van der Waals surface area contributed by atoms with Gasteiger partial charge in [-0.3, -0.25) is 4.79 Å². The maximum Gasteiger partial charge on any atom is 0.242 e. The SMILES string of the molecule is C[C@H]1OCCN[C@@H]1C(=O)N1CCCC(NS(=O)(=O)c2cccc(F)c2)C1. The van der Waals surface area contributed by atoms with Gasteiger partial charge < -0.3 is 15.0 Å². The number of hydrogen-bond donors (Lipinski definition) is 2. The van der Waals surface area contributed by atoms with Gasteiger partial charge in [0.15, 0.2) is 0 Å². The third-order valence-electron chi connectivity index (χ3n) is 4.74. The summed E-state index contributed by atoms with van der Waals surface area (Å²) in [7, 11) is -3.84. The zero-order valence-electron chi connectivity index (χ0n) is 14.7. The second kappa shape index (κ2) is 7.99. The summed E-state index contributed by atoms with van der Waals surface area (Å²) in [6.45, 7) is 3.91. The minimum Gasteiger partial charge on any atom is -0.375 e. The third-order valence-corrected chi connectivity index (χ3v) is 6.26. The molecule has 1 amide bonds. The number of benzene rings is 1. The molecule has 7 nitrogen and oxygen atoms in total. The first-order valence-corrected chi connectivity index (χ1v) is 10.3. The Balaban J connectivity index is 1.65. The molecule has 26 heavy (non-hydrogen) atoms. The van der Waals surface area contributed by atoms with Crippen molar-refractivity contribution < 1.29 is 22.3 Å². The van der Waals surface area contributed by atoms with Crippen molar-refractivity contribution >= 4 is 15.9 Å². The minimum atomic E-state index is -3.84. The molecule has 1 aromatic rings. The fourth-order valence-electron chi connectivity index (χ4n) is 3.40. The van der Waals surface area contributed by atoms with Crippen LogP contribution in [0.1, 0.15) is 19.8 Å². The van der Waals surface area contributed by atoms with E-state index < -0.39 is 27.9 Å². The Morgan fingerprint density at radius 2 is 2.23 bits per heavy atom. The maximum atomic E-state index is 13.3.